The average Bonchev–Trinajstić information content (AvgIpc) is 2.25. The van der Waals surface area contributed by atoms with E-state index in [1.165, 1.54) is 12.3 Å². The van der Waals surface area contributed by atoms with Crippen LogP contribution in [-0.4, -0.2) is 10.9 Å². The van der Waals surface area contributed by atoms with Crippen molar-refractivity contribution in [1.82, 2.24) is 4.98 Å². The molecule has 1 aromatic heterocycles. The maximum atomic E-state index is 13.1. The molecule has 1 N–H and O–H groups in total. The first-order chi connectivity index (χ1) is 7.65. The Balaban J connectivity index is 2.57. The Morgan fingerprint density at radius 1 is 1.69 bits per heavy atom. The minimum atomic E-state index is -0.394. The topological polar surface area (TPSA) is 42.0 Å². The molecule has 1 aromatic rings. The Labute approximate surface area is 107 Å². The van der Waals surface area contributed by atoms with E-state index >= 15 is 0 Å². The van der Waals surface area contributed by atoms with Crippen LogP contribution in [0.2, 0.25) is 0 Å². The number of carbonyl (C=O) groups is 1. The fourth-order valence-electron chi connectivity index (χ4n) is 1.05. The van der Waals surface area contributed by atoms with E-state index in [9.17, 15) is 9.18 Å². The molecule has 0 aliphatic rings. The first-order valence-electron chi connectivity index (χ1n) is 4.68. The quantitative estimate of drug-likeness (QED) is 0.523. The van der Waals surface area contributed by atoms with Crippen LogP contribution in [0.25, 0.3) is 0 Å². The van der Waals surface area contributed by atoms with Crippen molar-refractivity contribution in [2.75, 3.05) is 5.32 Å². The number of nitrogens with zero attached hydrogens (tertiary/aromatic N) is 1. The molecule has 0 fully saturated rings. The predicted octanol–water partition coefficient (Wildman–Crippen LogP) is 2.57. The highest BCUT2D eigenvalue weighted by Crippen LogP contribution is 2.18. The van der Waals surface area contributed by atoms with Crippen molar-refractivity contribution in [3.8, 4) is 12.3 Å². The summed E-state index contributed by atoms with van der Waals surface area (Å²) in [5.41, 5.74) is 0. The van der Waals surface area contributed by atoms with Crippen LogP contribution in [0.3, 0.4) is 0 Å². The molecular weight excluding hydrogens is 322 g/mol. The minimum absolute atomic E-state index is 0.203. The molecule has 1 amide bonds. The summed E-state index contributed by atoms with van der Waals surface area (Å²) >= 11 is 1.80. The van der Waals surface area contributed by atoms with Gasteiger partial charge in [0.25, 0.3) is 0 Å². The van der Waals surface area contributed by atoms with Crippen molar-refractivity contribution in [1.29, 1.82) is 0 Å². The maximum Gasteiger partial charge on any atom is 0.225 e. The van der Waals surface area contributed by atoms with Gasteiger partial charge in [-0.2, -0.15) is 0 Å². The lowest BCUT2D eigenvalue weighted by atomic mass is 10.2. The van der Waals surface area contributed by atoms with Crippen LogP contribution in [0.15, 0.2) is 12.3 Å². The van der Waals surface area contributed by atoms with E-state index in [1.807, 2.05) is 0 Å². The molecule has 0 atom stereocenters. The first-order valence-corrected chi connectivity index (χ1v) is 5.76. The molecule has 84 valence electrons. The van der Waals surface area contributed by atoms with Gasteiger partial charge in [-0.3, -0.25) is 4.79 Å². The van der Waals surface area contributed by atoms with E-state index in [-0.39, 0.29) is 11.7 Å². The van der Waals surface area contributed by atoms with E-state index in [1.54, 1.807) is 22.6 Å². The Morgan fingerprint density at radius 2 is 2.44 bits per heavy atom. The number of aromatic nitrogens is 1. The molecule has 0 aromatic carbocycles. The monoisotopic (exact) mass is 332 g/mol. The molecule has 0 saturated carbocycles. The van der Waals surface area contributed by atoms with E-state index in [0.29, 0.717) is 22.8 Å². The molecule has 0 unspecified atom stereocenters. The lowest BCUT2D eigenvalue weighted by Crippen LogP contribution is -2.13. The molecular formula is C11H10FIN2O. The van der Waals surface area contributed by atoms with Crippen LogP contribution >= 0.6 is 22.6 Å². The van der Waals surface area contributed by atoms with Crippen molar-refractivity contribution in [2.24, 2.45) is 0 Å². The normalized spacial score (nSPS) is 9.56. The zero-order chi connectivity index (χ0) is 12.0. The van der Waals surface area contributed by atoms with Crippen LogP contribution in [0.1, 0.15) is 19.3 Å². The number of pyridine rings is 1. The van der Waals surface area contributed by atoms with Crippen molar-refractivity contribution in [2.45, 2.75) is 19.3 Å². The highest BCUT2D eigenvalue weighted by atomic mass is 127. The Hall–Kier alpha value is -1.16. The average molecular weight is 332 g/mol. The van der Waals surface area contributed by atoms with Gasteiger partial charge in [-0.25, -0.2) is 9.37 Å². The fraction of sp³-hybridized carbons (Fsp3) is 0.273. The number of terminal acetylenes is 1. The van der Waals surface area contributed by atoms with Crippen molar-refractivity contribution in [3.63, 3.8) is 0 Å². The first kappa shape index (κ1) is 12.9. The molecule has 3 nitrogen and oxygen atoms in total. The lowest BCUT2D eigenvalue weighted by Gasteiger charge is -2.05. The van der Waals surface area contributed by atoms with Gasteiger partial charge < -0.3 is 5.32 Å². The standard InChI is InChI=1S/C11H10FIN2O/c1-2-3-4-5-9(16)15-11-10(13)8(12)6-7-14-11/h1,6-7H,3-5H2,(H,14,15,16). The number of unbranched alkanes of at least 4 members (excludes halogenated alkanes) is 1. The molecule has 1 heterocycles. The summed E-state index contributed by atoms with van der Waals surface area (Å²) in [4.78, 5) is 15.3. The summed E-state index contributed by atoms with van der Waals surface area (Å²) in [6, 6.07) is 1.25. The highest BCUT2D eigenvalue weighted by Gasteiger charge is 2.09. The van der Waals surface area contributed by atoms with Gasteiger partial charge in [0.15, 0.2) is 0 Å². The van der Waals surface area contributed by atoms with Crippen LogP contribution in [0.5, 0.6) is 0 Å². The van der Waals surface area contributed by atoms with Crippen molar-refractivity contribution in [3.05, 3.63) is 21.7 Å². The van der Waals surface area contributed by atoms with Crippen LogP contribution in [-0.2, 0) is 4.79 Å². The summed E-state index contributed by atoms with van der Waals surface area (Å²) in [6.07, 6.45) is 7.87. The van der Waals surface area contributed by atoms with E-state index in [0.717, 1.165) is 0 Å². The number of rotatable bonds is 4. The summed E-state index contributed by atoms with van der Waals surface area (Å²) in [6.45, 7) is 0. The van der Waals surface area contributed by atoms with Gasteiger partial charge in [-0.1, -0.05) is 0 Å². The predicted molar refractivity (Wildman–Crippen MR) is 68.2 cm³/mol. The summed E-state index contributed by atoms with van der Waals surface area (Å²) in [5, 5.41) is 2.54. The highest BCUT2D eigenvalue weighted by molar-refractivity contribution is 14.1. The van der Waals surface area contributed by atoms with Gasteiger partial charge in [0.05, 0.1) is 3.57 Å². The Bertz CT molecular complexity index is 428. The van der Waals surface area contributed by atoms with E-state index in [2.05, 4.69) is 16.2 Å². The Kier molecular flexibility index (Phi) is 5.19. The molecule has 16 heavy (non-hydrogen) atoms. The third kappa shape index (κ3) is 3.77. The molecule has 0 radical (unpaired) electrons. The van der Waals surface area contributed by atoms with Gasteiger partial charge >= 0.3 is 0 Å². The van der Waals surface area contributed by atoms with Gasteiger partial charge in [0.2, 0.25) is 5.91 Å². The summed E-state index contributed by atoms with van der Waals surface area (Å²) in [5.74, 6) is 2.11. The number of halogens is 2. The van der Waals surface area contributed by atoms with E-state index in [4.69, 9.17) is 6.42 Å². The number of nitrogens with one attached hydrogen (secondary N) is 1. The van der Waals surface area contributed by atoms with Gasteiger partial charge in [-0.05, 0) is 35.1 Å². The molecule has 0 bridgehead atoms. The van der Waals surface area contributed by atoms with Gasteiger partial charge in [0, 0.05) is 19.0 Å². The molecule has 1 rings (SSSR count). The molecule has 0 aliphatic carbocycles. The van der Waals surface area contributed by atoms with Crippen LogP contribution in [0.4, 0.5) is 10.2 Å². The van der Waals surface area contributed by atoms with Gasteiger partial charge in [-0.15, -0.1) is 12.3 Å². The lowest BCUT2D eigenvalue weighted by molar-refractivity contribution is -0.116. The Morgan fingerprint density at radius 3 is 3.12 bits per heavy atom. The summed E-state index contributed by atoms with van der Waals surface area (Å²) in [7, 11) is 0. The smallest absolute Gasteiger partial charge is 0.225 e. The third-order valence-corrected chi connectivity index (χ3v) is 2.85. The summed E-state index contributed by atoms with van der Waals surface area (Å²) < 4.78 is 13.4. The molecule has 5 heteroatoms. The zero-order valence-electron chi connectivity index (χ0n) is 8.46. The fourth-order valence-corrected chi connectivity index (χ4v) is 1.51. The number of carbonyl (C=O) groups excluding carboxylic acids is 1. The minimum Gasteiger partial charge on any atom is -0.310 e. The van der Waals surface area contributed by atoms with E-state index < -0.39 is 5.82 Å². The number of anilines is 1. The van der Waals surface area contributed by atoms with Gasteiger partial charge in [0.1, 0.15) is 11.6 Å². The third-order valence-electron chi connectivity index (χ3n) is 1.82. The van der Waals surface area contributed by atoms with Crippen LogP contribution in [0, 0.1) is 21.7 Å². The number of hydrogen-bond donors (Lipinski definition) is 1. The molecule has 0 aliphatic heterocycles. The second kappa shape index (κ2) is 6.43. The van der Waals surface area contributed by atoms with Crippen LogP contribution < -0.4 is 5.32 Å². The number of amides is 1. The zero-order valence-corrected chi connectivity index (χ0v) is 10.6. The van der Waals surface area contributed by atoms with Crippen molar-refractivity contribution >= 4 is 34.3 Å². The molecule has 0 spiro atoms. The SMILES string of the molecule is C#CCCCC(=O)Nc1nccc(F)c1I. The molecule has 0 saturated heterocycles. The van der Waals surface area contributed by atoms with Crippen molar-refractivity contribution < 1.29 is 9.18 Å². The second-order valence-electron chi connectivity index (χ2n) is 3.06. The second-order valence-corrected chi connectivity index (χ2v) is 4.14. The largest absolute Gasteiger partial charge is 0.310 e. The number of hydrogen-bond acceptors (Lipinski definition) is 2. The maximum absolute atomic E-state index is 13.1.